The van der Waals surface area contributed by atoms with Crippen molar-refractivity contribution in [2.24, 2.45) is 17.6 Å². The maximum atomic E-state index is 13.3. The number of likely N-dealkylation sites (tertiary alicyclic amines) is 1. The van der Waals surface area contributed by atoms with E-state index in [1.54, 1.807) is 4.90 Å². The van der Waals surface area contributed by atoms with E-state index in [1.165, 1.54) is 0 Å². The molecule has 1 aliphatic heterocycles. The molecule has 194 valence electrons. The van der Waals surface area contributed by atoms with Crippen molar-refractivity contribution in [1.82, 2.24) is 15.5 Å². The van der Waals surface area contributed by atoms with Gasteiger partial charge < -0.3 is 21.3 Å². The molecule has 7 nitrogen and oxygen atoms in total. The van der Waals surface area contributed by atoms with E-state index in [1.807, 2.05) is 81.4 Å². The third-order valence-electron chi connectivity index (χ3n) is 6.79. The molecular formula is C29H40N4O3. The highest BCUT2D eigenvalue weighted by atomic mass is 16.2. The molecule has 4 N–H and O–H groups in total. The molecule has 0 aromatic heterocycles. The van der Waals surface area contributed by atoms with Crippen LogP contribution in [0.25, 0.3) is 0 Å². The summed E-state index contributed by atoms with van der Waals surface area (Å²) in [7, 11) is 0. The van der Waals surface area contributed by atoms with E-state index >= 15 is 0 Å². The van der Waals surface area contributed by atoms with Crippen LogP contribution in [-0.2, 0) is 20.8 Å². The number of nitrogens with zero attached hydrogens (tertiary/aromatic N) is 1. The number of hydrogen-bond donors (Lipinski definition) is 3. The van der Waals surface area contributed by atoms with Gasteiger partial charge in [0.1, 0.15) is 6.04 Å². The number of nitrogens with one attached hydrogen (secondary N) is 2. The van der Waals surface area contributed by atoms with Gasteiger partial charge in [0.15, 0.2) is 0 Å². The fourth-order valence-electron chi connectivity index (χ4n) is 4.69. The number of piperidine rings is 1. The molecule has 3 rings (SSSR count). The largest absolute Gasteiger partial charge is 0.348 e. The van der Waals surface area contributed by atoms with Gasteiger partial charge in [-0.05, 0) is 43.2 Å². The lowest BCUT2D eigenvalue weighted by Gasteiger charge is -2.34. The molecule has 1 saturated heterocycles. The van der Waals surface area contributed by atoms with Gasteiger partial charge in [-0.1, -0.05) is 74.5 Å². The Kier molecular flexibility index (Phi) is 10.1. The summed E-state index contributed by atoms with van der Waals surface area (Å²) >= 11 is 0. The summed E-state index contributed by atoms with van der Waals surface area (Å²) in [6.45, 7) is 7.04. The van der Waals surface area contributed by atoms with Crippen LogP contribution >= 0.6 is 0 Å². The second kappa shape index (κ2) is 13.2. The molecule has 2 aromatic rings. The summed E-state index contributed by atoms with van der Waals surface area (Å²) < 4.78 is 0. The summed E-state index contributed by atoms with van der Waals surface area (Å²) in [5, 5.41) is 6.06. The third kappa shape index (κ3) is 7.92. The van der Waals surface area contributed by atoms with Crippen LogP contribution in [-0.4, -0.2) is 47.8 Å². The van der Waals surface area contributed by atoms with Crippen molar-refractivity contribution in [2.75, 3.05) is 13.1 Å². The first kappa shape index (κ1) is 27.4. The molecular weight excluding hydrogens is 452 g/mol. The smallest absolute Gasteiger partial charge is 0.243 e. The van der Waals surface area contributed by atoms with Gasteiger partial charge in [0.2, 0.25) is 17.7 Å². The Hall–Kier alpha value is -3.19. The molecule has 0 aliphatic carbocycles. The van der Waals surface area contributed by atoms with Crippen LogP contribution in [0.1, 0.15) is 57.2 Å². The maximum absolute atomic E-state index is 13.3. The van der Waals surface area contributed by atoms with Crippen LogP contribution < -0.4 is 16.4 Å². The number of hydrogen-bond acceptors (Lipinski definition) is 4. The lowest BCUT2D eigenvalue weighted by molar-refractivity contribution is -0.137. The van der Waals surface area contributed by atoms with E-state index < -0.39 is 12.1 Å². The Morgan fingerprint density at radius 3 is 2.08 bits per heavy atom. The normalized spacial score (nSPS) is 16.8. The predicted molar refractivity (Wildman–Crippen MR) is 142 cm³/mol. The van der Waals surface area contributed by atoms with Gasteiger partial charge >= 0.3 is 0 Å². The number of carbonyl (C=O) groups is 3. The highest BCUT2D eigenvalue weighted by molar-refractivity contribution is 5.89. The van der Waals surface area contributed by atoms with Gasteiger partial charge in [0.25, 0.3) is 0 Å². The lowest BCUT2D eigenvalue weighted by Crippen LogP contribution is -2.52. The van der Waals surface area contributed by atoms with Crippen LogP contribution in [0.4, 0.5) is 0 Å². The highest BCUT2D eigenvalue weighted by Crippen LogP contribution is 2.20. The molecule has 0 saturated carbocycles. The monoisotopic (exact) mass is 492 g/mol. The molecule has 1 heterocycles. The van der Waals surface area contributed by atoms with Gasteiger partial charge in [-0.15, -0.1) is 0 Å². The summed E-state index contributed by atoms with van der Waals surface area (Å²) in [6, 6.07) is 18.1. The van der Waals surface area contributed by atoms with E-state index in [0.29, 0.717) is 44.7 Å². The number of benzene rings is 2. The predicted octanol–water partition coefficient (Wildman–Crippen LogP) is 3.20. The highest BCUT2D eigenvalue weighted by Gasteiger charge is 2.32. The van der Waals surface area contributed by atoms with Crippen LogP contribution in [0.2, 0.25) is 0 Å². The Bertz CT molecular complexity index is 988. The topological polar surface area (TPSA) is 105 Å². The average Bonchev–Trinajstić information content (AvgIpc) is 2.88. The van der Waals surface area contributed by atoms with Crippen LogP contribution in [0.5, 0.6) is 0 Å². The van der Waals surface area contributed by atoms with E-state index in [-0.39, 0.29) is 29.7 Å². The minimum atomic E-state index is -0.690. The van der Waals surface area contributed by atoms with Crippen molar-refractivity contribution in [3.63, 3.8) is 0 Å². The van der Waals surface area contributed by atoms with Crippen molar-refractivity contribution in [3.8, 4) is 0 Å². The number of nitrogens with two attached hydrogens (primary N) is 1. The number of rotatable bonds is 10. The van der Waals surface area contributed by atoms with E-state index in [0.717, 1.165) is 11.1 Å². The molecule has 1 fully saturated rings. The summed E-state index contributed by atoms with van der Waals surface area (Å²) in [5.41, 5.74) is 8.06. The minimum Gasteiger partial charge on any atom is -0.348 e. The number of amides is 3. The molecule has 0 radical (unpaired) electrons. The van der Waals surface area contributed by atoms with Crippen molar-refractivity contribution in [2.45, 2.75) is 64.6 Å². The Labute approximate surface area is 214 Å². The first-order valence-electron chi connectivity index (χ1n) is 13.0. The summed E-state index contributed by atoms with van der Waals surface area (Å²) in [6.07, 6.45) is 2.18. The van der Waals surface area contributed by atoms with Gasteiger partial charge in [0.05, 0.1) is 12.1 Å². The van der Waals surface area contributed by atoms with Crippen molar-refractivity contribution in [1.29, 1.82) is 0 Å². The minimum absolute atomic E-state index is 0.0428. The fourth-order valence-corrected chi connectivity index (χ4v) is 4.69. The average molecular weight is 493 g/mol. The zero-order valence-corrected chi connectivity index (χ0v) is 21.7. The molecule has 1 aliphatic rings. The summed E-state index contributed by atoms with van der Waals surface area (Å²) in [5.74, 6) is -0.288. The molecule has 3 unspecified atom stereocenters. The van der Waals surface area contributed by atoms with Gasteiger partial charge in [-0.3, -0.25) is 14.4 Å². The first-order valence-corrected chi connectivity index (χ1v) is 13.0. The van der Waals surface area contributed by atoms with Crippen molar-refractivity contribution >= 4 is 17.7 Å². The Balaban J connectivity index is 1.61. The van der Waals surface area contributed by atoms with Crippen molar-refractivity contribution < 1.29 is 14.4 Å². The molecule has 3 amide bonds. The molecule has 2 aromatic carbocycles. The van der Waals surface area contributed by atoms with E-state index in [4.69, 9.17) is 5.73 Å². The molecule has 0 spiro atoms. The van der Waals surface area contributed by atoms with E-state index in [9.17, 15) is 14.4 Å². The maximum Gasteiger partial charge on any atom is 0.243 e. The van der Waals surface area contributed by atoms with Gasteiger partial charge in [0, 0.05) is 25.4 Å². The quantitative estimate of drug-likeness (QED) is 0.474. The molecule has 3 atom stereocenters. The second-order valence-electron chi connectivity index (χ2n) is 10.2. The second-order valence-corrected chi connectivity index (χ2v) is 10.2. The standard InChI is InChI=1S/C29H40N4O3/c1-20(2)18-25(30)29(36)33-16-14-24(15-17-33)27(34)32-26(19-22-10-6-4-7-11-22)28(35)31-21(3)23-12-8-5-9-13-23/h4-13,20-21,24-26H,14-19,30H2,1-3H3,(H,31,35)(H,32,34). The summed E-state index contributed by atoms with van der Waals surface area (Å²) in [4.78, 5) is 40.9. The van der Waals surface area contributed by atoms with Crippen LogP contribution in [0.15, 0.2) is 60.7 Å². The number of carbonyl (C=O) groups excluding carboxylic acids is 3. The van der Waals surface area contributed by atoms with Crippen LogP contribution in [0, 0.1) is 11.8 Å². The van der Waals surface area contributed by atoms with Gasteiger partial charge in [-0.2, -0.15) is 0 Å². The zero-order chi connectivity index (χ0) is 26.1. The third-order valence-corrected chi connectivity index (χ3v) is 6.79. The van der Waals surface area contributed by atoms with E-state index in [2.05, 4.69) is 10.6 Å². The molecule has 36 heavy (non-hydrogen) atoms. The Morgan fingerprint density at radius 1 is 0.917 bits per heavy atom. The fraction of sp³-hybridized carbons (Fsp3) is 0.483. The Morgan fingerprint density at radius 2 is 1.50 bits per heavy atom. The van der Waals surface area contributed by atoms with Gasteiger partial charge in [-0.25, -0.2) is 0 Å². The van der Waals surface area contributed by atoms with Crippen molar-refractivity contribution in [3.05, 3.63) is 71.8 Å². The molecule has 7 heteroatoms. The first-order chi connectivity index (χ1) is 17.2. The zero-order valence-electron chi connectivity index (χ0n) is 21.7. The van der Waals surface area contributed by atoms with Crippen LogP contribution in [0.3, 0.4) is 0 Å². The lowest BCUT2D eigenvalue weighted by atomic mass is 9.94. The SMILES string of the molecule is CC(C)CC(N)C(=O)N1CCC(C(=O)NC(Cc2ccccc2)C(=O)NC(C)c2ccccc2)CC1. The molecule has 0 bridgehead atoms.